The van der Waals surface area contributed by atoms with Gasteiger partial charge in [0.05, 0.1) is 0 Å². The minimum absolute atomic E-state index is 0.0140. The molecule has 4 heteroatoms. The Hall–Kier alpha value is -2.88. The maximum absolute atomic E-state index is 14.5. The van der Waals surface area contributed by atoms with Crippen molar-refractivity contribution < 1.29 is 19.0 Å². The molecule has 0 aromatic heterocycles. The van der Waals surface area contributed by atoms with Crippen molar-refractivity contribution in [3.8, 4) is 5.75 Å². The first-order valence-corrected chi connectivity index (χ1v) is 8.70. The third-order valence-corrected chi connectivity index (χ3v) is 4.39. The largest absolute Gasteiger partial charge is 0.486 e. The van der Waals surface area contributed by atoms with Crippen molar-refractivity contribution in [2.75, 3.05) is 0 Å². The summed E-state index contributed by atoms with van der Waals surface area (Å²) >= 11 is 0. The van der Waals surface area contributed by atoms with Crippen molar-refractivity contribution in [2.24, 2.45) is 0 Å². The molecule has 0 fully saturated rings. The second-order valence-electron chi connectivity index (χ2n) is 6.28. The summed E-state index contributed by atoms with van der Waals surface area (Å²) in [6, 6.07) is 17.3. The molecule has 0 radical (unpaired) electrons. The van der Waals surface area contributed by atoms with Crippen LogP contribution in [0.4, 0.5) is 4.39 Å². The zero-order chi connectivity index (χ0) is 18.5. The number of benzene rings is 3. The number of halogens is 1. The zero-order valence-electron chi connectivity index (χ0n) is 14.7. The highest BCUT2D eigenvalue weighted by Gasteiger charge is 2.13. The molecule has 26 heavy (non-hydrogen) atoms. The number of carboxylic acid groups (broad SMARTS) is 1. The summed E-state index contributed by atoms with van der Waals surface area (Å²) in [7, 11) is 0. The second-order valence-corrected chi connectivity index (χ2v) is 6.28. The monoisotopic (exact) mass is 352 g/mol. The number of hydrogen-bond acceptors (Lipinski definition) is 2. The summed E-state index contributed by atoms with van der Waals surface area (Å²) in [5.74, 6) is -1.08. The van der Waals surface area contributed by atoms with Gasteiger partial charge in [0.25, 0.3) is 0 Å². The molecule has 0 aliphatic carbocycles. The number of carboxylic acids is 1. The van der Waals surface area contributed by atoms with E-state index in [1.165, 1.54) is 6.07 Å². The molecule has 134 valence electrons. The van der Waals surface area contributed by atoms with E-state index in [2.05, 4.69) is 0 Å². The fraction of sp³-hybridized carbons (Fsp3) is 0.227. The molecule has 1 N–H and O–H groups in total. The first-order valence-electron chi connectivity index (χ1n) is 8.70. The molecule has 3 rings (SSSR count). The van der Waals surface area contributed by atoms with Gasteiger partial charge >= 0.3 is 5.97 Å². The highest BCUT2D eigenvalue weighted by Crippen LogP contribution is 2.27. The number of fused-ring (bicyclic) bond motifs is 1. The van der Waals surface area contributed by atoms with Crippen molar-refractivity contribution in [3.05, 3.63) is 77.1 Å². The smallest absolute Gasteiger partial charge is 0.303 e. The highest BCUT2D eigenvalue weighted by molar-refractivity contribution is 5.82. The van der Waals surface area contributed by atoms with Gasteiger partial charge in [-0.25, -0.2) is 4.39 Å². The normalized spacial score (nSPS) is 10.8. The maximum Gasteiger partial charge on any atom is 0.303 e. The van der Waals surface area contributed by atoms with Crippen molar-refractivity contribution in [1.29, 1.82) is 0 Å². The van der Waals surface area contributed by atoms with Gasteiger partial charge in [-0.3, -0.25) is 4.79 Å². The van der Waals surface area contributed by atoms with E-state index in [4.69, 9.17) is 9.84 Å². The van der Waals surface area contributed by atoms with E-state index in [1.807, 2.05) is 55.5 Å². The molecule has 3 aromatic rings. The van der Waals surface area contributed by atoms with Crippen molar-refractivity contribution in [1.82, 2.24) is 0 Å². The zero-order valence-corrected chi connectivity index (χ0v) is 14.7. The van der Waals surface area contributed by atoms with Gasteiger partial charge in [-0.1, -0.05) is 49.4 Å². The van der Waals surface area contributed by atoms with Gasteiger partial charge in [0.15, 0.2) is 11.6 Å². The van der Waals surface area contributed by atoms with Gasteiger partial charge in [-0.2, -0.15) is 0 Å². The van der Waals surface area contributed by atoms with Gasteiger partial charge in [0.2, 0.25) is 0 Å². The first-order chi connectivity index (χ1) is 12.6. The fourth-order valence-electron chi connectivity index (χ4n) is 3.02. The molecule has 3 aromatic carbocycles. The molecular formula is C22H21FO3. The lowest BCUT2D eigenvalue weighted by Gasteiger charge is -2.14. The van der Waals surface area contributed by atoms with Gasteiger partial charge in [0, 0.05) is 6.42 Å². The minimum atomic E-state index is -0.889. The Kier molecular flexibility index (Phi) is 5.52. The molecule has 0 aliphatic heterocycles. The summed E-state index contributed by atoms with van der Waals surface area (Å²) in [6.45, 7) is 2.21. The van der Waals surface area contributed by atoms with Crippen molar-refractivity contribution in [2.45, 2.75) is 32.8 Å². The molecular weight excluding hydrogens is 331 g/mol. The molecule has 0 amide bonds. The summed E-state index contributed by atoms with van der Waals surface area (Å²) in [4.78, 5) is 10.7. The van der Waals surface area contributed by atoms with Crippen molar-refractivity contribution >= 4 is 16.7 Å². The van der Waals surface area contributed by atoms with Crippen molar-refractivity contribution in [3.63, 3.8) is 0 Å². The minimum Gasteiger partial charge on any atom is -0.486 e. The van der Waals surface area contributed by atoms with E-state index in [1.54, 1.807) is 0 Å². The number of rotatable bonds is 7. The second kappa shape index (κ2) is 8.00. The van der Waals surface area contributed by atoms with Gasteiger partial charge in [-0.15, -0.1) is 0 Å². The third-order valence-electron chi connectivity index (χ3n) is 4.39. The lowest BCUT2D eigenvalue weighted by atomic mass is 10.0. The Morgan fingerprint density at radius 3 is 2.54 bits per heavy atom. The number of aryl methyl sites for hydroxylation is 2. The van der Waals surface area contributed by atoms with Crippen LogP contribution in [0.3, 0.4) is 0 Å². The maximum atomic E-state index is 14.5. The van der Waals surface area contributed by atoms with Crippen LogP contribution in [0.2, 0.25) is 0 Å². The van der Waals surface area contributed by atoms with E-state index in [9.17, 15) is 9.18 Å². The van der Waals surface area contributed by atoms with Crippen LogP contribution in [0.5, 0.6) is 5.75 Å². The van der Waals surface area contributed by atoms with Gasteiger partial charge < -0.3 is 9.84 Å². The Labute approximate surface area is 152 Å². The average molecular weight is 352 g/mol. The van der Waals surface area contributed by atoms with Crippen LogP contribution in [-0.4, -0.2) is 11.1 Å². The Morgan fingerprint density at radius 2 is 1.81 bits per heavy atom. The van der Waals surface area contributed by atoms with E-state index in [0.717, 1.165) is 21.9 Å². The Balaban J connectivity index is 1.78. The Bertz CT molecular complexity index is 934. The predicted molar refractivity (Wildman–Crippen MR) is 100 cm³/mol. The van der Waals surface area contributed by atoms with E-state index in [0.29, 0.717) is 18.4 Å². The van der Waals surface area contributed by atoms with Gasteiger partial charge in [-0.05, 0) is 52.4 Å². The molecule has 0 heterocycles. The topological polar surface area (TPSA) is 46.5 Å². The summed E-state index contributed by atoms with van der Waals surface area (Å²) in [5.41, 5.74) is 2.41. The van der Waals surface area contributed by atoms with Crippen LogP contribution in [0.1, 0.15) is 30.0 Å². The Morgan fingerprint density at radius 1 is 1.04 bits per heavy atom. The average Bonchev–Trinajstić information content (AvgIpc) is 2.64. The number of ether oxygens (including phenoxy) is 1. The summed E-state index contributed by atoms with van der Waals surface area (Å²) in [6.07, 6.45) is 0.912. The quantitative estimate of drug-likeness (QED) is 0.640. The molecule has 0 atom stereocenters. The van der Waals surface area contributed by atoms with Gasteiger partial charge in [0.1, 0.15) is 6.61 Å². The molecule has 0 saturated carbocycles. The molecule has 0 spiro atoms. The molecule has 0 bridgehead atoms. The number of hydrogen-bond donors (Lipinski definition) is 1. The molecule has 0 saturated heterocycles. The summed E-state index contributed by atoms with van der Waals surface area (Å²) < 4.78 is 20.3. The molecule has 0 unspecified atom stereocenters. The predicted octanol–water partition coefficient (Wildman–Crippen LogP) is 5.14. The molecule has 3 nitrogen and oxygen atoms in total. The van der Waals surface area contributed by atoms with E-state index in [-0.39, 0.29) is 18.8 Å². The molecule has 0 aliphatic rings. The van der Waals surface area contributed by atoms with E-state index < -0.39 is 11.8 Å². The third kappa shape index (κ3) is 4.20. The standard InChI is InChI=1S/C22H21FO3/c1-2-17-11-15(8-10-21(24)25)13-20(23)22(17)26-14-16-7-9-18-5-3-4-6-19(18)12-16/h3-7,9,11-13H,2,8,10,14H2,1H3,(H,24,25). The lowest BCUT2D eigenvalue weighted by molar-refractivity contribution is -0.136. The van der Waals surface area contributed by atoms with Crippen LogP contribution >= 0.6 is 0 Å². The number of aliphatic carboxylic acids is 1. The van der Waals surface area contributed by atoms with Crippen LogP contribution in [0.15, 0.2) is 54.6 Å². The van der Waals surface area contributed by atoms with Crippen LogP contribution < -0.4 is 4.74 Å². The first kappa shape index (κ1) is 17.9. The van der Waals surface area contributed by atoms with E-state index >= 15 is 0 Å². The fourth-order valence-corrected chi connectivity index (χ4v) is 3.02. The number of carbonyl (C=O) groups is 1. The lowest BCUT2D eigenvalue weighted by Crippen LogP contribution is -2.03. The van der Waals surface area contributed by atoms with Crippen LogP contribution in [0.25, 0.3) is 10.8 Å². The van der Waals surface area contributed by atoms with Crippen LogP contribution in [0, 0.1) is 5.82 Å². The highest BCUT2D eigenvalue weighted by atomic mass is 19.1. The van der Waals surface area contributed by atoms with Crippen LogP contribution in [-0.2, 0) is 24.2 Å². The summed E-state index contributed by atoms with van der Waals surface area (Å²) in [5, 5.41) is 11.1. The SMILES string of the molecule is CCc1cc(CCC(=O)O)cc(F)c1OCc1ccc2ccccc2c1.